The summed E-state index contributed by atoms with van der Waals surface area (Å²) >= 11 is 1.47. The number of hydrogen-bond donors (Lipinski definition) is 0. The highest BCUT2D eigenvalue weighted by molar-refractivity contribution is 7.15. The molecule has 0 radical (unpaired) electrons. The molecule has 1 aromatic heterocycles. The Hall–Kier alpha value is -1.88. The number of esters is 1. The maximum Gasteiger partial charge on any atom is 0.357 e. The minimum absolute atomic E-state index is 0.383. The Bertz CT molecular complexity index is 560. The minimum atomic E-state index is -0.400. The second-order valence-corrected chi connectivity index (χ2v) is 4.85. The molecule has 1 heterocycles. The van der Waals surface area contributed by atoms with Gasteiger partial charge in [0, 0.05) is 10.4 Å². The van der Waals surface area contributed by atoms with Gasteiger partial charge in [0.1, 0.15) is 10.8 Å². The zero-order valence-corrected chi connectivity index (χ0v) is 11.2. The van der Waals surface area contributed by atoms with Crippen molar-refractivity contribution in [2.75, 3.05) is 14.2 Å². The lowest BCUT2D eigenvalue weighted by atomic mass is 10.2. The Morgan fingerprint density at radius 3 is 2.44 bits per heavy atom. The molecule has 0 aliphatic rings. The third-order valence-electron chi connectivity index (χ3n) is 2.51. The lowest BCUT2D eigenvalue weighted by Crippen LogP contribution is -2.03. The molecule has 0 saturated carbocycles. The maximum atomic E-state index is 11.5. The van der Waals surface area contributed by atoms with Crippen LogP contribution in [-0.2, 0) is 4.74 Å². The van der Waals surface area contributed by atoms with Crippen molar-refractivity contribution in [3.05, 3.63) is 34.8 Å². The van der Waals surface area contributed by atoms with E-state index in [0.717, 1.165) is 21.2 Å². The first-order valence-electron chi connectivity index (χ1n) is 5.36. The molecule has 0 unspecified atom stereocenters. The average Bonchev–Trinajstić information content (AvgIpc) is 2.80. The van der Waals surface area contributed by atoms with Crippen LogP contribution in [0.25, 0.3) is 10.6 Å². The highest BCUT2D eigenvalue weighted by Gasteiger charge is 2.16. The van der Waals surface area contributed by atoms with E-state index in [-0.39, 0.29) is 0 Å². The molecule has 0 atom stereocenters. The van der Waals surface area contributed by atoms with Crippen LogP contribution in [0.5, 0.6) is 5.75 Å². The van der Waals surface area contributed by atoms with Gasteiger partial charge in [-0.3, -0.25) is 0 Å². The molecule has 0 N–H and O–H groups in total. The third-order valence-corrected chi connectivity index (χ3v) is 3.53. The largest absolute Gasteiger partial charge is 0.497 e. The van der Waals surface area contributed by atoms with Crippen LogP contribution in [0.4, 0.5) is 0 Å². The van der Waals surface area contributed by atoms with Gasteiger partial charge in [0.2, 0.25) is 0 Å². The zero-order valence-electron chi connectivity index (χ0n) is 10.4. The summed E-state index contributed by atoms with van der Waals surface area (Å²) in [6.45, 7) is 1.86. The number of thiazole rings is 1. The van der Waals surface area contributed by atoms with Gasteiger partial charge in [-0.2, -0.15) is 0 Å². The summed E-state index contributed by atoms with van der Waals surface area (Å²) in [5.41, 5.74) is 1.34. The van der Waals surface area contributed by atoms with Crippen LogP contribution in [0.3, 0.4) is 0 Å². The van der Waals surface area contributed by atoms with Crippen LogP contribution in [0.15, 0.2) is 24.3 Å². The van der Waals surface area contributed by atoms with Gasteiger partial charge in [-0.1, -0.05) is 0 Å². The second-order valence-electron chi connectivity index (χ2n) is 3.64. The monoisotopic (exact) mass is 263 g/mol. The van der Waals surface area contributed by atoms with Crippen molar-refractivity contribution < 1.29 is 14.3 Å². The van der Waals surface area contributed by atoms with Gasteiger partial charge in [-0.25, -0.2) is 9.78 Å². The van der Waals surface area contributed by atoms with E-state index in [1.807, 2.05) is 31.2 Å². The molecule has 18 heavy (non-hydrogen) atoms. The van der Waals surface area contributed by atoms with Gasteiger partial charge in [-0.05, 0) is 31.2 Å². The summed E-state index contributed by atoms with van der Waals surface area (Å²) in [6, 6.07) is 7.56. The number of benzene rings is 1. The van der Waals surface area contributed by atoms with Gasteiger partial charge in [0.15, 0.2) is 5.69 Å². The normalized spacial score (nSPS) is 10.2. The average molecular weight is 263 g/mol. The number of ether oxygens (including phenoxy) is 2. The van der Waals surface area contributed by atoms with Crippen LogP contribution in [0, 0.1) is 6.92 Å². The number of aromatic nitrogens is 1. The smallest absolute Gasteiger partial charge is 0.357 e. The van der Waals surface area contributed by atoms with E-state index in [1.165, 1.54) is 18.4 Å². The first-order chi connectivity index (χ1) is 8.65. The zero-order chi connectivity index (χ0) is 13.1. The maximum absolute atomic E-state index is 11.5. The Labute approximate surface area is 109 Å². The fourth-order valence-corrected chi connectivity index (χ4v) is 2.45. The summed E-state index contributed by atoms with van der Waals surface area (Å²) in [6.07, 6.45) is 0. The SMILES string of the molecule is COC(=O)c1nc(-c2ccc(OC)cc2)sc1C. The third kappa shape index (κ3) is 2.36. The van der Waals surface area contributed by atoms with Crippen molar-refractivity contribution in [1.29, 1.82) is 0 Å². The fraction of sp³-hybridized carbons (Fsp3) is 0.231. The molecule has 4 nitrogen and oxygen atoms in total. The summed E-state index contributed by atoms with van der Waals surface area (Å²) in [5, 5.41) is 0.801. The minimum Gasteiger partial charge on any atom is -0.497 e. The van der Waals surface area contributed by atoms with E-state index in [9.17, 15) is 4.79 Å². The Morgan fingerprint density at radius 1 is 1.22 bits per heavy atom. The molecule has 0 aliphatic carbocycles. The Balaban J connectivity index is 2.36. The van der Waals surface area contributed by atoms with E-state index in [2.05, 4.69) is 9.72 Å². The Morgan fingerprint density at radius 2 is 1.89 bits per heavy atom. The van der Waals surface area contributed by atoms with Crippen molar-refractivity contribution >= 4 is 17.3 Å². The highest BCUT2D eigenvalue weighted by Crippen LogP contribution is 2.29. The van der Waals surface area contributed by atoms with Crippen LogP contribution >= 0.6 is 11.3 Å². The standard InChI is InChI=1S/C13H13NO3S/c1-8-11(13(15)17-3)14-12(18-8)9-4-6-10(16-2)7-5-9/h4-7H,1-3H3. The van der Waals surface area contributed by atoms with Gasteiger partial charge >= 0.3 is 5.97 Å². The number of carbonyl (C=O) groups is 1. The number of hydrogen-bond acceptors (Lipinski definition) is 5. The molecule has 2 rings (SSSR count). The lowest BCUT2D eigenvalue weighted by molar-refractivity contribution is 0.0594. The van der Waals surface area contributed by atoms with Gasteiger partial charge < -0.3 is 9.47 Å². The predicted octanol–water partition coefficient (Wildman–Crippen LogP) is 2.91. The van der Waals surface area contributed by atoms with E-state index in [4.69, 9.17) is 4.74 Å². The molecule has 0 aliphatic heterocycles. The highest BCUT2D eigenvalue weighted by atomic mass is 32.1. The predicted molar refractivity (Wildman–Crippen MR) is 70.2 cm³/mol. The lowest BCUT2D eigenvalue weighted by Gasteiger charge is -2.00. The molecule has 0 amide bonds. The van der Waals surface area contributed by atoms with Gasteiger partial charge in [-0.15, -0.1) is 11.3 Å². The Kier molecular flexibility index (Phi) is 3.62. The van der Waals surface area contributed by atoms with Crippen LogP contribution in [0.1, 0.15) is 15.4 Å². The number of aryl methyl sites for hydroxylation is 1. The van der Waals surface area contributed by atoms with E-state index in [1.54, 1.807) is 7.11 Å². The van der Waals surface area contributed by atoms with E-state index < -0.39 is 5.97 Å². The van der Waals surface area contributed by atoms with Crippen molar-refractivity contribution in [3.8, 4) is 16.3 Å². The quantitative estimate of drug-likeness (QED) is 0.799. The van der Waals surface area contributed by atoms with Gasteiger partial charge in [0.05, 0.1) is 14.2 Å². The molecule has 0 fully saturated rings. The van der Waals surface area contributed by atoms with E-state index in [0.29, 0.717) is 5.69 Å². The number of methoxy groups -OCH3 is 2. The summed E-state index contributed by atoms with van der Waals surface area (Å²) in [5.74, 6) is 0.392. The fourth-order valence-electron chi connectivity index (χ4n) is 1.54. The summed E-state index contributed by atoms with van der Waals surface area (Å²) in [4.78, 5) is 16.6. The van der Waals surface area contributed by atoms with Gasteiger partial charge in [0.25, 0.3) is 0 Å². The topological polar surface area (TPSA) is 48.4 Å². The second kappa shape index (κ2) is 5.18. The van der Waals surface area contributed by atoms with E-state index >= 15 is 0 Å². The molecule has 1 aromatic carbocycles. The molecule has 5 heteroatoms. The van der Waals surface area contributed by atoms with Crippen LogP contribution in [-0.4, -0.2) is 25.2 Å². The number of carbonyl (C=O) groups excluding carboxylic acids is 1. The molecule has 0 saturated heterocycles. The molecule has 0 spiro atoms. The molecule has 0 bridgehead atoms. The molecular weight excluding hydrogens is 250 g/mol. The number of nitrogens with zero attached hydrogens (tertiary/aromatic N) is 1. The summed E-state index contributed by atoms with van der Waals surface area (Å²) < 4.78 is 9.79. The number of rotatable bonds is 3. The van der Waals surface area contributed by atoms with Crippen LogP contribution in [0.2, 0.25) is 0 Å². The molecule has 94 valence electrons. The van der Waals surface area contributed by atoms with Crippen molar-refractivity contribution in [2.24, 2.45) is 0 Å². The van der Waals surface area contributed by atoms with Crippen LogP contribution < -0.4 is 4.74 Å². The molecular formula is C13H13NO3S. The first-order valence-corrected chi connectivity index (χ1v) is 6.17. The molecule has 2 aromatic rings. The first kappa shape index (κ1) is 12.6. The summed E-state index contributed by atoms with van der Waals surface area (Å²) in [7, 11) is 2.98. The van der Waals surface area contributed by atoms with Crippen molar-refractivity contribution in [1.82, 2.24) is 4.98 Å². The van der Waals surface area contributed by atoms with Crippen molar-refractivity contribution in [3.63, 3.8) is 0 Å². The van der Waals surface area contributed by atoms with Crippen molar-refractivity contribution in [2.45, 2.75) is 6.92 Å².